The fourth-order valence-electron chi connectivity index (χ4n) is 2.15. The number of aliphatic hydroxyl groups excluding tert-OH is 1. The van der Waals surface area contributed by atoms with E-state index in [9.17, 15) is 9.90 Å². The third-order valence-corrected chi connectivity index (χ3v) is 3.73. The first kappa shape index (κ1) is 19.3. The first-order valence-corrected chi connectivity index (χ1v) is 7.28. The van der Waals surface area contributed by atoms with Crippen LogP contribution >= 0.6 is 0 Å². The van der Waals surface area contributed by atoms with E-state index in [2.05, 4.69) is 0 Å². The van der Waals surface area contributed by atoms with E-state index in [1.807, 2.05) is 0 Å². The minimum absolute atomic E-state index is 0.0766. The number of methoxy groups -OCH3 is 2. The molecule has 0 unspecified atom stereocenters. The lowest BCUT2D eigenvalue weighted by atomic mass is 10.0. The summed E-state index contributed by atoms with van der Waals surface area (Å²) < 4.78 is 27.3. The van der Waals surface area contributed by atoms with E-state index in [0.29, 0.717) is 0 Å². The summed E-state index contributed by atoms with van der Waals surface area (Å²) in [6, 6.07) is 0. The van der Waals surface area contributed by atoms with Gasteiger partial charge in [0.05, 0.1) is 19.1 Å². The maximum Gasteiger partial charge on any atom is 0.309 e. The molecule has 1 saturated heterocycles. The third kappa shape index (κ3) is 4.39. The Morgan fingerprint density at radius 2 is 1.82 bits per heavy atom. The predicted octanol–water partition coefficient (Wildman–Crippen LogP) is 1.22. The fourth-order valence-corrected chi connectivity index (χ4v) is 2.15. The van der Waals surface area contributed by atoms with Crippen LogP contribution in [0.3, 0.4) is 0 Å². The van der Waals surface area contributed by atoms with E-state index in [0.717, 1.165) is 0 Å². The molecular weight excluding hydrogens is 292 g/mol. The number of aliphatic hydroxyl groups is 1. The molecule has 1 heterocycles. The molecule has 1 aliphatic rings. The van der Waals surface area contributed by atoms with Gasteiger partial charge in [0.25, 0.3) is 0 Å². The van der Waals surface area contributed by atoms with Crippen LogP contribution in [0.4, 0.5) is 0 Å². The molecule has 0 saturated carbocycles. The van der Waals surface area contributed by atoms with Gasteiger partial charge in [0.2, 0.25) is 11.6 Å². The molecule has 130 valence electrons. The number of carbonyl (C=O) groups excluding carboxylic acids is 1. The first-order valence-electron chi connectivity index (χ1n) is 7.28. The Morgan fingerprint density at radius 1 is 1.27 bits per heavy atom. The van der Waals surface area contributed by atoms with Gasteiger partial charge >= 0.3 is 5.97 Å². The minimum Gasteiger partial charge on any atom is -0.460 e. The summed E-state index contributed by atoms with van der Waals surface area (Å²) in [7, 11) is 2.95. The Bertz CT molecular complexity index is 392. The summed E-state index contributed by atoms with van der Waals surface area (Å²) in [5, 5.41) is 10.2. The largest absolute Gasteiger partial charge is 0.460 e. The topological polar surface area (TPSA) is 83.5 Å². The van der Waals surface area contributed by atoms with Crippen LogP contribution in [0.5, 0.6) is 0 Å². The van der Waals surface area contributed by atoms with Crippen molar-refractivity contribution >= 4 is 5.97 Å². The molecule has 7 heteroatoms. The number of esters is 1. The summed E-state index contributed by atoms with van der Waals surface area (Å²) in [4.78, 5) is 11.8. The van der Waals surface area contributed by atoms with Gasteiger partial charge in [0.15, 0.2) is 0 Å². The summed E-state index contributed by atoms with van der Waals surface area (Å²) in [5.41, 5.74) is -0.601. The smallest absolute Gasteiger partial charge is 0.309 e. The van der Waals surface area contributed by atoms with Crippen LogP contribution < -0.4 is 0 Å². The molecule has 0 amide bonds. The van der Waals surface area contributed by atoms with Gasteiger partial charge in [-0.1, -0.05) is 0 Å². The van der Waals surface area contributed by atoms with Crippen LogP contribution in [-0.2, 0) is 28.5 Å². The zero-order chi connectivity index (χ0) is 17.2. The Morgan fingerprint density at radius 3 is 2.27 bits per heavy atom. The van der Waals surface area contributed by atoms with Gasteiger partial charge in [-0.05, 0) is 34.6 Å². The number of carbonyl (C=O) groups is 1. The second-order valence-corrected chi connectivity index (χ2v) is 6.62. The van der Waals surface area contributed by atoms with Gasteiger partial charge in [0, 0.05) is 14.2 Å². The van der Waals surface area contributed by atoms with Crippen LogP contribution in [0, 0.1) is 0 Å². The Balaban J connectivity index is 2.69. The summed E-state index contributed by atoms with van der Waals surface area (Å²) in [5.74, 6) is -2.81. The highest BCUT2D eigenvalue weighted by Crippen LogP contribution is 2.37. The van der Waals surface area contributed by atoms with Crippen molar-refractivity contribution in [3.8, 4) is 0 Å². The van der Waals surface area contributed by atoms with E-state index >= 15 is 0 Å². The van der Waals surface area contributed by atoms with Crippen molar-refractivity contribution in [2.75, 3.05) is 20.8 Å². The first-order chi connectivity index (χ1) is 9.96. The van der Waals surface area contributed by atoms with Gasteiger partial charge in [-0.15, -0.1) is 0 Å². The van der Waals surface area contributed by atoms with Crippen LogP contribution in [-0.4, -0.2) is 61.3 Å². The molecule has 1 N–H and O–H groups in total. The van der Waals surface area contributed by atoms with Gasteiger partial charge in [-0.25, -0.2) is 0 Å². The van der Waals surface area contributed by atoms with Gasteiger partial charge in [0.1, 0.15) is 11.7 Å². The fraction of sp³-hybridized carbons (Fsp3) is 0.933. The van der Waals surface area contributed by atoms with Crippen LogP contribution in [0.2, 0.25) is 0 Å². The molecule has 0 aromatic heterocycles. The summed E-state index contributed by atoms with van der Waals surface area (Å²) in [6.45, 7) is 8.72. The molecular formula is C15H28O7. The molecule has 4 atom stereocenters. The number of rotatable bonds is 5. The van der Waals surface area contributed by atoms with E-state index in [-0.39, 0.29) is 13.0 Å². The molecule has 0 aromatic carbocycles. The molecule has 0 radical (unpaired) electrons. The van der Waals surface area contributed by atoms with Crippen LogP contribution in [0.25, 0.3) is 0 Å². The summed E-state index contributed by atoms with van der Waals surface area (Å²) >= 11 is 0. The highest BCUT2D eigenvalue weighted by Gasteiger charge is 2.54. The highest BCUT2D eigenvalue weighted by atomic mass is 16.8. The Kier molecular flexibility index (Phi) is 5.97. The molecule has 0 aromatic rings. The maximum absolute atomic E-state index is 11.8. The van der Waals surface area contributed by atoms with Crippen molar-refractivity contribution in [3.05, 3.63) is 0 Å². The number of ether oxygens (including phenoxy) is 5. The van der Waals surface area contributed by atoms with Crippen LogP contribution in [0.15, 0.2) is 0 Å². The van der Waals surface area contributed by atoms with Crippen molar-refractivity contribution in [3.63, 3.8) is 0 Å². The normalized spacial score (nSPS) is 34.3. The quantitative estimate of drug-likeness (QED) is 0.762. The molecule has 1 aliphatic heterocycles. The maximum atomic E-state index is 11.8. The Labute approximate surface area is 131 Å². The average molecular weight is 320 g/mol. The van der Waals surface area contributed by atoms with Crippen molar-refractivity contribution < 1.29 is 33.6 Å². The average Bonchev–Trinajstić information content (AvgIpc) is 2.39. The molecule has 1 fully saturated rings. The van der Waals surface area contributed by atoms with Crippen molar-refractivity contribution in [1.82, 2.24) is 0 Å². The zero-order valence-corrected chi connectivity index (χ0v) is 14.5. The zero-order valence-electron chi connectivity index (χ0n) is 14.5. The van der Waals surface area contributed by atoms with Gasteiger partial charge in [-0.3, -0.25) is 4.79 Å². The number of hydrogen-bond acceptors (Lipinski definition) is 7. The monoisotopic (exact) mass is 320 g/mol. The van der Waals surface area contributed by atoms with Gasteiger partial charge < -0.3 is 28.8 Å². The van der Waals surface area contributed by atoms with Crippen molar-refractivity contribution in [2.45, 2.75) is 70.4 Å². The van der Waals surface area contributed by atoms with E-state index in [4.69, 9.17) is 23.7 Å². The van der Waals surface area contributed by atoms with E-state index in [1.165, 1.54) is 14.2 Å². The highest BCUT2D eigenvalue weighted by molar-refractivity contribution is 5.70. The lowest BCUT2D eigenvalue weighted by Crippen LogP contribution is -2.64. The lowest BCUT2D eigenvalue weighted by Gasteiger charge is -2.49. The van der Waals surface area contributed by atoms with Crippen molar-refractivity contribution in [2.24, 2.45) is 0 Å². The molecule has 1 rings (SSSR count). The molecule has 0 spiro atoms. The second-order valence-electron chi connectivity index (χ2n) is 6.62. The number of hydrogen-bond donors (Lipinski definition) is 1. The predicted molar refractivity (Wildman–Crippen MR) is 78.1 cm³/mol. The standard InChI is InChI=1S/C15H28O7/c1-13(2,3)22-12(17)8-10(16)11-9-20-14(4,18-6)15(5,19-7)21-11/h10-11,16H,8-9H2,1-7H3/t10-,11+,14-,15-/m1/s1. The van der Waals surface area contributed by atoms with Crippen LogP contribution in [0.1, 0.15) is 41.0 Å². The molecule has 0 aliphatic carbocycles. The Hall–Kier alpha value is -0.730. The second kappa shape index (κ2) is 6.80. The lowest BCUT2D eigenvalue weighted by molar-refractivity contribution is -0.436. The third-order valence-electron chi connectivity index (χ3n) is 3.73. The van der Waals surface area contributed by atoms with Crippen molar-refractivity contribution in [1.29, 1.82) is 0 Å². The minimum atomic E-state index is -1.21. The SMILES string of the molecule is CO[C@]1(C)OC[C@@H]([C@H](O)CC(=O)OC(C)(C)C)O[C@@]1(C)OC. The molecule has 0 bridgehead atoms. The molecule has 22 heavy (non-hydrogen) atoms. The summed E-state index contributed by atoms with van der Waals surface area (Å²) in [6.07, 6.45) is -1.97. The molecule has 7 nitrogen and oxygen atoms in total. The van der Waals surface area contributed by atoms with E-state index < -0.39 is 35.4 Å². The van der Waals surface area contributed by atoms with Gasteiger partial charge in [-0.2, -0.15) is 0 Å². The van der Waals surface area contributed by atoms with E-state index in [1.54, 1.807) is 34.6 Å².